The molecule has 18 heavy (non-hydrogen) atoms. The van der Waals surface area contributed by atoms with E-state index < -0.39 is 0 Å². The van der Waals surface area contributed by atoms with E-state index >= 15 is 0 Å². The monoisotopic (exact) mass is 253 g/mol. The van der Waals surface area contributed by atoms with Crippen LogP contribution in [0.15, 0.2) is 0 Å². The largest absolute Gasteiger partial charge is 0.343 e. The zero-order valence-electron chi connectivity index (χ0n) is 11.4. The topological polar surface area (TPSA) is 49.6 Å². The number of hydrogen-bond acceptors (Lipinski definition) is 3. The van der Waals surface area contributed by atoms with Gasteiger partial charge in [-0.2, -0.15) is 0 Å². The summed E-state index contributed by atoms with van der Waals surface area (Å²) >= 11 is 0. The Bertz CT molecular complexity index is 256. The minimum atomic E-state index is 0.308. The Kier molecular flexibility index (Phi) is 5.45. The number of piperidine rings is 2. The summed E-state index contributed by atoms with van der Waals surface area (Å²) in [5, 5.41) is 0. The normalized spacial score (nSPS) is 23.3. The zero-order valence-corrected chi connectivity index (χ0v) is 11.4. The predicted molar refractivity (Wildman–Crippen MR) is 73.3 cm³/mol. The van der Waals surface area contributed by atoms with Crippen molar-refractivity contribution in [2.45, 2.75) is 51.0 Å². The summed E-state index contributed by atoms with van der Waals surface area (Å²) in [6, 6.07) is 0.308. The second-order valence-corrected chi connectivity index (χ2v) is 5.72. The number of carbonyl (C=O) groups is 1. The summed E-state index contributed by atoms with van der Waals surface area (Å²) in [5.41, 5.74) is 5.85. The highest BCUT2D eigenvalue weighted by atomic mass is 16.2. The fourth-order valence-corrected chi connectivity index (χ4v) is 2.94. The predicted octanol–water partition coefficient (Wildman–Crippen LogP) is 1.20. The van der Waals surface area contributed by atoms with Crippen LogP contribution in [-0.4, -0.2) is 54.5 Å². The van der Waals surface area contributed by atoms with E-state index in [1.54, 1.807) is 0 Å². The smallest absolute Gasteiger partial charge is 0.222 e. The minimum absolute atomic E-state index is 0.308. The van der Waals surface area contributed by atoms with Crippen molar-refractivity contribution in [3.63, 3.8) is 0 Å². The molecule has 2 heterocycles. The van der Waals surface area contributed by atoms with Crippen molar-refractivity contribution >= 4 is 5.91 Å². The van der Waals surface area contributed by atoms with E-state index in [4.69, 9.17) is 5.73 Å². The maximum absolute atomic E-state index is 12.0. The van der Waals surface area contributed by atoms with E-state index in [0.29, 0.717) is 18.4 Å². The van der Waals surface area contributed by atoms with Gasteiger partial charge in [0.05, 0.1) is 0 Å². The fraction of sp³-hybridized carbons (Fsp3) is 0.929. The first-order valence-corrected chi connectivity index (χ1v) is 7.51. The first-order chi connectivity index (χ1) is 8.75. The van der Waals surface area contributed by atoms with Crippen molar-refractivity contribution in [2.24, 2.45) is 5.73 Å². The van der Waals surface area contributed by atoms with E-state index in [1.165, 1.54) is 32.4 Å². The Morgan fingerprint density at radius 1 is 1.06 bits per heavy atom. The van der Waals surface area contributed by atoms with Crippen molar-refractivity contribution in [3.8, 4) is 0 Å². The van der Waals surface area contributed by atoms with Crippen LogP contribution in [0.25, 0.3) is 0 Å². The summed E-state index contributed by atoms with van der Waals surface area (Å²) in [7, 11) is 0. The van der Waals surface area contributed by atoms with Gasteiger partial charge in [0.15, 0.2) is 0 Å². The number of nitrogens with zero attached hydrogens (tertiary/aromatic N) is 2. The van der Waals surface area contributed by atoms with E-state index in [0.717, 1.165) is 38.9 Å². The molecule has 0 saturated carbocycles. The summed E-state index contributed by atoms with van der Waals surface area (Å²) in [6.45, 7) is 5.28. The molecule has 2 rings (SSSR count). The molecule has 2 saturated heterocycles. The zero-order chi connectivity index (χ0) is 12.8. The van der Waals surface area contributed by atoms with Gasteiger partial charge in [-0.1, -0.05) is 6.42 Å². The van der Waals surface area contributed by atoms with E-state index in [9.17, 15) is 4.79 Å². The molecule has 0 radical (unpaired) electrons. The van der Waals surface area contributed by atoms with Crippen LogP contribution in [0, 0.1) is 0 Å². The number of nitrogens with two attached hydrogens (primary N) is 1. The van der Waals surface area contributed by atoms with Crippen LogP contribution < -0.4 is 5.73 Å². The van der Waals surface area contributed by atoms with Gasteiger partial charge in [0.2, 0.25) is 5.91 Å². The average molecular weight is 253 g/mol. The second kappa shape index (κ2) is 7.10. The van der Waals surface area contributed by atoms with Crippen molar-refractivity contribution in [1.82, 2.24) is 9.80 Å². The van der Waals surface area contributed by atoms with Crippen molar-refractivity contribution < 1.29 is 4.79 Å². The molecule has 0 atom stereocenters. The van der Waals surface area contributed by atoms with Gasteiger partial charge in [0.1, 0.15) is 0 Å². The number of hydrogen-bond donors (Lipinski definition) is 1. The molecular formula is C14H27N3O. The van der Waals surface area contributed by atoms with Crippen LogP contribution in [-0.2, 0) is 4.79 Å². The highest BCUT2D eigenvalue weighted by Gasteiger charge is 2.20. The molecule has 0 aromatic carbocycles. The summed E-state index contributed by atoms with van der Waals surface area (Å²) in [5.74, 6) is 0.332. The number of likely N-dealkylation sites (tertiary alicyclic amines) is 2. The molecule has 0 unspecified atom stereocenters. The van der Waals surface area contributed by atoms with Gasteiger partial charge >= 0.3 is 0 Å². The first-order valence-electron chi connectivity index (χ1n) is 7.51. The summed E-state index contributed by atoms with van der Waals surface area (Å²) < 4.78 is 0. The van der Waals surface area contributed by atoms with E-state index in [-0.39, 0.29) is 0 Å². The highest BCUT2D eigenvalue weighted by Crippen LogP contribution is 2.12. The standard InChI is InChI=1S/C14H27N3O/c15-13-6-11-17(12-7-13)14(18)5-4-10-16-8-2-1-3-9-16/h13H,1-12,15H2. The quantitative estimate of drug-likeness (QED) is 0.819. The Labute approximate surface area is 110 Å². The van der Waals surface area contributed by atoms with Crippen molar-refractivity contribution in [1.29, 1.82) is 0 Å². The molecule has 2 N–H and O–H groups in total. The van der Waals surface area contributed by atoms with Crippen molar-refractivity contribution in [2.75, 3.05) is 32.7 Å². The Balaban J connectivity index is 1.59. The second-order valence-electron chi connectivity index (χ2n) is 5.72. The molecule has 104 valence electrons. The lowest BCUT2D eigenvalue weighted by molar-refractivity contribution is -0.132. The molecule has 0 bridgehead atoms. The average Bonchev–Trinajstić information content (AvgIpc) is 2.40. The Hall–Kier alpha value is -0.610. The van der Waals surface area contributed by atoms with Gasteiger partial charge in [0.25, 0.3) is 0 Å². The van der Waals surface area contributed by atoms with Gasteiger partial charge < -0.3 is 15.5 Å². The van der Waals surface area contributed by atoms with Crippen LogP contribution in [0.2, 0.25) is 0 Å². The number of amides is 1. The third-order valence-corrected chi connectivity index (χ3v) is 4.21. The molecule has 2 aliphatic rings. The van der Waals surface area contributed by atoms with E-state index in [1.807, 2.05) is 4.90 Å². The van der Waals surface area contributed by atoms with Crippen LogP contribution in [0.3, 0.4) is 0 Å². The molecule has 1 amide bonds. The van der Waals surface area contributed by atoms with Gasteiger partial charge in [-0.05, 0) is 51.7 Å². The maximum Gasteiger partial charge on any atom is 0.222 e. The molecule has 0 aliphatic carbocycles. The number of rotatable bonds is 4. The van der Waals surface area contributed by atoms with Gasteiger partial charge in [-0.15, -0.1) is 0 Å². The molecule has 2 fully saturated rings. The van der Waals surface area contributed by atoms with Crippen molar-refractivity contribution in [3.05, 3.63) is 0 Å². The maximum atomic E-state index is 12.0. The molecule has 0 aromatic rings. The Morgan fingerprint density at radius 2 is 1.72 bits per heavy atom. The minimum Gasteiger partial charge on any atom is -0.343 e. The van der Waals surface area contributed by atoms with Gasteiger partial charge in [-0.3, -0.25) is 4.79 Å². The lowest BCUT2D eigenvalue weighted by Gasteiger charge is -2.31. The lowest BCUT2D eigenvalue weighted by Crippen LogP contribution is -2.43. The summed E-state index contributed by atoms with van der Waals surface area (Å²) in [6.07, 6.45) is 7.71. The third-order valence-electron chi connectivity index (χ3n) is 4.21. The fourth-order valence-electron chi connectivity index (χ4n) is 2.94. The third kappa shape index (κ3) is 4.25. The van der Waals surface area contributed by atoms with E-state index in [2.05, 4.69) is 4.90 Å². The van der Waals surface area contributed by atoms with Gasteiger partial charge in [0, 0.05) is 25.6 Å². The SMILES string of the molecule is NC1CCN(C(=O)CCCN2CCCCC2)CC1. The lowest BCUT2D eigenvalue weighted by atomic mass is 10.1. The van der Waals surface area contributed by atoms with Crippen LogP contribution in [0.5, 0.6) is 0 Å². The van der Waals surface area contributed by atoms with Gasteiger partial charge in [-0.25, -0.2) is 0 Å². The first kappa shape index (κ1) is 13.8. The van der Waals surface area contributed by atoms with Crippen LogP contribution in [0.4, 0.5) is 0 Å². The molecular weight excluding hydrogens is 226 g/mol. The van der Waals surface area contributed by atoms with Crippen LogP contribution >= 0.6 is 0 Å². The molecule has 4 nitrogen and oxygen atoms in total. The van der Waals surface area contributed by atoms with Crippen LogP contribution in [0.1, 0.15) is 44.9 Å². The molecule has 0 aromatic heterocycles. The Morgan fingerprint density at radius 3 is 2.39 bits per heavy atom. The molecule has 0 spiro atoms. The molecule has 4 heteroatoms. The molecule has 2 aliphatic heterocycles. The summed E-state index contributed by atoms with van der Waals surface area (Å²) in [4.78, 5) is 16.5. The number of carbonyl (C=O) groups excluding carboxylic acids is 1. The highest BCUT2D eigenvalue weighted by molar-refractivity contribution is 5.76.